The number of ether oxygens (including phenoxy) is 3. The van der Waals surface area contributed by atoms with Gasteiger partial charge in [0.1, 0.15) is 24.5 Å². The normalized spacial score (nSPS) is 13.1. The molecule has 3 heterocycles. The van der Waals surface area contributed by atoms with Gasteiger partial charge in [0.05, 0.1) is 12.6 Å². The third-order valence-electron chi connectivity index (χ3n) is 4.40. The second-order valence-electron chi connectivity index (χ2n) is 5.97. The molecule has 130 valence electrons. The van der Waals surface area contributed by atoms with Crippen molar-refractivity contribution in [3.8, 4) is 17.2 Å². The number of hydrogen-bond donors (Lipinski definition) is 2. The monoisotopic (exact) mass is 348 g/mol. The van der Waals surface area contributed by atoms with Crippen LogP contribution in [0.25, 0.3) is 21.8 Å². The van der Waals surface area contributed by atoms with E-state index in [1.165, 1.54) is 0 Å². The van der Waals surface area contributed by atoms with Crippen LogP contribution in [-0.4, -0.2) is 35.5 Å². The molecule has 2 aromatic carbocycles. The van der Waals surface area contributed by atoms with Gasteiger partial charge in [-0.05, 0) is 24.3 Å². The Hall–Kier alpha value is -3.48. The fourth-order valence-electron chi connectivity index (χ4n) is 3.15. The zero-order valence-electron chi connectivity index (χ0n) is 14.1. The largest absolute Gasteiger partial charge is 0.497 e. The minimum Gasteiger partial charge on any atom is -0.497 e. The average molecular weight is 348 g/mol. The molecular formula is C19H16N4O3. The summed E-state index contributed by atoms with van der Waals surface area (Å²) in [5.41, 5.74) is 2.46. The van der Waals surface area contributed by atoms with Crippen LogP contribution in [0.4, 0.5) is 11.5 Å². The van der Waals surface area contributed by atoms with Crippen LogP contribution < -0.4 is 19.5 Å². The van der Waals surface area contributed by atoms with Crippen LogP contribution in [0, 0.1) is 0 Å². The molecule has 0 aliphatic carbocycles. The van der Waals surface area contributed by atoms with Crippen molar-refractivity contribution in [1.29, 1.82) is 0 Å². The zero-order chi connectivity index (χ0) is 17.5. The lowest BCUT2D eigenvalue weighted by molar-refractivity contribution is 0.171. The summed E-state index contributed by atoms with van der Waals surface area (Å²) in [5.74, 6) is 2.90. The van der Waals surface area contributed by atoms with Crippen molar-refractivity contribution in [3.05, 3.63) is 42.6 Å². The summed E-state index contributed by atoms with van der Waals surface area (Å²) in [4.78, 5) is 4.75. The van der Waals surface area contributed by atoms with Crippen LogP contribution in [0.5, 0.6) is 17.2 Å². The molecule has 26 heavy (non-hydrogen) atoms. The van der Waals surface area contributed by atoms with Gasteiger partial charge in [-0.1, -0.05) is 0 Å². The van der Waals surface area contributed by atoms with E-state index in [0.29, 0.717) is 19.0 Å². The van der Waals surface area contributed by atoms with Gasteiger partial charge >= 0.3 is 0 Å². The van der Waals surface area contributed by atoms with Crippen LogP contribution >= 0.6 is 0 Å². The highest BCUT2D eigenvalue weighted by molar-refractivity contribution is 6.09. The number of methoxy groups -OCH3 is 1. The van der Waals surface area contributed by atoms with Crippen molar-refractivity contribution in [3.63, 3.8) is 0 Å². The maximum absolute atomic E-state index is 5.65. The first kappa shape index (κ1) is 14.8. The lowest BCUT2D eigenvalue weighted by atomic mass is 10.1. The van der Waals surface area contributed by atoms with Crippen LogP contribution in [0.15, 0.2) is 42.6 Å². The molecule has 4 aromatic rings. The molecule has 0 unspecified atom stereocenters. The molecule has 1 aliphatic rings. The summed E-state index contributed by atoms with van der Waals surface area (Å²) >= 11 is 0. The van der Waals surface area contributed by atoms with E-state index in [1.807, 2.05) is 42.6 Å². The van der Waals surface area contributed by atoms with Gasteiger partial charge in [0, 0.05) is 34.8 Å². The smallest absolute Gasteiger partial charge is 0.163 e. The summed E-state index contributed by atoms with van der Waals surface area (Å²) in [5, 5.41) is 12.6. The number of nitrogens with zero attached hydrogens (tertiary/aromatic N) is 2. The molecule has 0 saturated heterocycles. The van der Waals surface area contributed by atoms with E-state index in [2.05, 4.69) is 15.5 Å². The fraction of sp³-hybridized carbons (Fsp3) is 0.158. The number of hydrogen-bond acceptors (Lipinski definition) is 6. The van der Waals surface area contributed by atoms with Crippen LogP contribution in [0.1, 0.15) is 0 Å². The van der Waals surface area contributed by atoms with Crippen molar-refractivity contribution in [2.24, 2.45) is 0 Å². The van der Waals surface area contributed by atoms with Gasteiger partial charge in [0.2, 0.25) is 0 Å². The number of anilines is 2. The molecule has 1 aliphatic heterocycles. The second kappa shape index (κ2) is 5.80. The van der Waals surface area contributed by atoms with E-state index < -0.39 is 0 Å². The van der Waals surface area contributed by atoms with E-state index in [4.69, 9.17) is 19.2 Å². The number of pyridine rings is 1. The molecular weight excluding hydrogens is 332 g/mol. The van der Waals surface area contributed by atoms with Crippen LogP contribution in [0.2, 0.25) is 0 Å². The van der Waals surface area contributed by atoms with Gasteiger partial charge in [-0.25, -0.2) is 4.98 Å². The second-order valence-corrected chi connectivity index (χ2v) is 5.97. The number of aromatic amines is 1. The lowest BCUT2D eigenvalue weighted by Crippen LogP contribution is -2.15. The Morgan fingerprint density at radius 2 is 1.92 bits per heavy atom. The van der Waals surface area contributed by atoms with Gasteiger partial charge in [-0.2, -0.15) is 5.10 Å². The van der Waals surface area contributed by atoms with Crippen molar-refractivity contribution in [2.75, 3.05) is 25.6 Å². The number of rotatable bonds is 3. The molecule has 5 rings (SSSR count). The van der Waals surface area contributed by atoms with E-state index in [9.17, 15) is 0 Å². The molecule has 2 N–H and O–H groups in total. The Labute approximate surface area is 148 Å². The summed E-state index contributed by atoms with van der Waals surface area (Å²) < 4.78 is 16.5. The third-order valence-corrected chi connectivity index (χ3v) is 4.40. The highest BCUT2D eigenvalue weighted by atomic mass is 16.6. The molecule has 2 aromatic heterocycles. The number of H-pyrrole nitrogens is 1. The SMILES string of the molecule is COc1ccc2c(c1)nc(Nc1ccc3c(c1)OCCO3)c1n[nH]cc12. The molecule has 0 atom stereocenters. The van der Waals surface area contributed by atoms with E-state index in [-0.39, 0.29) is 0 Å². The minimum atomic E-state index is 0.550. The Morgan fingerprint density at radius 3 is 2.81 bits per heavy atom. The predicted molar refractivity (Wildman–Crippen MR) is 98.7 cm³/mol. The molecule has 0 bridgehead atoms. The van der Waals surface area contributed by atoms with Crippen molar-refractivity contribution in [1.82, 2.24) is 15.2 Å². The van der Waals surface area contributed by atoms with E-state index in [1.54, 1.807) is 7.11 Å². The first-order valence-corrected chi connectivity index (χ1v) is 8.30. The standard InChI is InChI=1S/C19H16N4O3/c1-24-12-3-4-13-14-10-20-23-18(14)19(22-15(13)9-12)21-11-2-5-16-17(8-11)26-7-6-25-16/h2-5,8-10H,6-7H2,1H3,(H,20,23)(H,21,22). The Morgan fingerprint density at radius 1 is 1.04 bits per heavy atom. The summed E-state index contributed by atoms with van der Waals surface area (Å²) in [6.45, 7) is 1.12. The lowest BCUT2D eigenvalue weighted by Gasteiger charge is -2.19. The summed E-state index contributed by atoms with van der Waals surface area (Å²) in [6, 6.07) is 11.6. The number of benzene rings is 2. The predicted octanol–water partition coefficient (Wildman–Crippen LogP) is 3.63. The molecule has 7 nitrogen and oxygen atoms in total. The number of nitrogens with one attached hydrogen (secondary N) is 2. The third kappa shape index (κ3) is 2.36. The van der Waals surface area contributed by atoms with Crippen molar-refractivity contribution >= 4 is 33.3 Å². The summed E-state index contributed by atoms with van der Waals surface area (Å²) in [6.07, 6.45) is 1.88. The molecule has 7 heteroatoms. The fourth-order valence-corrected chi connectivity index (χ4v) is 3.15. The van der Waals surface area contributed by atoms with Crippen molar-refractivity contribution in [2.45, 2.75) is 0 Å². The molecule has 0 fully saturated rings. The maximum Gasteiger partial charge on any atom is 0.163 e. The molecule has 0 saturated carbocycles. The molecule has 0 spiro atoms. The van der Waals surface area contributed by atoms with Gasteiger partial charge in [0.25, 0.3) is 0 Å². The van der Waals surface area contributed by atoms with Gasteiger partial charge in [-0.15, -0.1) is 0 Å². The van der Waals surface area contributed by atoms with E-state index in [0.717, 1.165) is 44.7 Å². The van der Waals surface area contributed by atoms with Crippen molar-refractivity contribution < 1.29 is 14.2 Å². The number of aromatic nitrogens is 3. The van der Waals surface area contributed by atoms with Crippen LogP contribution in [0.3, 0.4) is 0 Å². The highest BCUT2D eigenvalue weighted by Gasteiger charge is 2.15. The van der Waals surface area contributed by atoms with Gasteiger partial charge in [0.15, 0.2) is 17.3 Å². The van der Waals surface area contributed by atoms with Gasteiger partial charge in [-0.3, -0.25) is 5.10 Å². The first-order chi connectivity index (χ1) is 12.8. The molecule has 0 radical (unpaired) electrons. The number of fused-ring (bicyclic) bond motifs is 4. The average Bonchev–Trinajstić information content (AvgIpc) is 3.18. The first-order valence-electron chi connectivity index (χ1n) is 8.30. The quantitative estimate of drug-likeness (QED) is 0.588. The topological polar surface area (TPSA) is 81.3 Å². The Balaban J connectivity index is 1.62. The Kier molecular flexibility index (Phi) is 3.31. The minimum absolute atomic E-state index is 0.550. The maximum atomic E-state index is 5.65. The Bertz CT molecular complexity index is 1120. The van der Waals surface area contributed by atoms with Crippen LogP contribution in [-0.2, 0) is 0 Å². The van der Waals surface area contributed by atoms with Gasteiger partial charge < -0.3 is 19.5 Å². The molecule has 0 amide bonds. The van der Waals surface area contributed by atoms with E-state index >= 15 is 0 Å². The highest BCUT2D eigenvalue weighted by Crippen LogP contribution is 2.35. The zero-order valence-corrected chi connectivity index (χ0v) is 14.1. The summed E-state index contributed by atoms with van der Waals surface area (Å²) in [7, 11) is 1.64.